The summed E-state index contributed by atoms with van der Waals surface area (Å²) >= 11 is 0. The van der Waals surface area contributed by atoms with E-state index in [1.807, 2.05) is 13.8 Å². The molecule has 2 N–H and O–H groups in total. The van der Waals surface area contributed by atoms with Crippen LogP contribution < -0.4 is 14.8 Å². The van der Waals surface area contributed by atoms with Gasteiger partial charge in [-0.2, -0.15) is 13.2 Å². The van der Waals surface area contributed by atoms with Crippen LogP contribution in [0.25, 0.3) is 5.57 Å². The van der Waals surface area contributed by atoms with Crippen LogP contribution in [-0.4, -0.2) is 25.7 Å². The van der Waals surface area contributed by atoms with E-state index in [-0.39, 0.29) is 11.5 Å². The maximum Gasteiger partial charge on any atom is 0.416 e. The molecule has 2 aromatic rings. The van der Waals surface area contributed by atoms with Gasteiger partial charge >= 0.3 is 6.18 Å². The van der Waals surface area contributed by atoms with Crippen molar-refractivity contribution in [1.29, 1.82) is 0 Å². The molecule has 34 heavy (non-hydrogen) atoms. The lowest BCUT2D eigenvalue weighted by molar-refractivity contribution is -0.137. The Morgan fingerprint density at radius 1 is 1.18 bits per heavy atom. The van der Waals surface area contributed by atoms with Crippen LogP contribution in [0.5, 0.6) is 5.75 Å². The van der Waals surface area contributed by atoms with E-state index >= 15 is 0 Å². The molecule has 0 radical (unpaired) electrons. The molecule has 0 spiro atoms. The molecule has 0 aromatic heterocycles. The second-order valence-corrected chi connectivity index (χ2v) is 10.4. The van der Waals surface area contributed by atoms with E-state index in [1.54, 1.807) is 18.2 Å². The molecule has 2 aliphatic heterocycles. The van der Waals surface area contributed by atoms with Gasteiger partial charge < -0.3 is 10.1 Å². The predicted octanol–water partition coefficient (Wildman–Crippen LogP) is 5.37. The number of alkyl halides is 3. The van der Waals surface area contributed by atoms with Crippen molar-refractivity contribution in [2.24, 2.45) is 0 Å². The minimum Gasteiger partial charge on any atom is -0.486 e. The van der Waals surface area contributed by atoms with Crippen molar-refractivity contribution in [3.8, 4) is 5.75 Å². The van der Waals surface area contributed by atoms with Crippen LogP contribution in [0.3, 0.4) is 0 Å². The fourth-order valence-corrected chi connectivity index (χ4v) is 5.42. The van der Waals surface area contributed by atoms with E-state index in [2.05, 4.69) is 10.0 Å². The number of amides is 1. The number of carbonyl (C=O) groups is 1. The molecule has 0 atom stereocenters. The van der Waals surface area contributed by atoms with Crippen molar-refractivity contribution in [2.45, 2.75) is 51.3 Å². The molecule has 0 fully saturated rings. The summed E-state index contributed by atoms with van der Waals surface area (Å²) in [4.78, 5) is 12.9. The number of rotatable bonds is 4. The average molecular weight is 495 g/mol. The number of halogens is 3. The first-order valence-corrected chi connectivity index (χ1v) is 12.6. The van der Waals surface area contributed by atoms with E-state index < -0.39 is 33.3 Å². The zero-order valence-corrected chi connectivity index (χ0v) is 19.6. The van der Waals surface area contributed by atoms with Gasteiger partial charge in [-0.3, -0.25) is 9.52 Å². The molecular formula is C24H25F3N2O4S. The van der Waals surface area contributed by atoms with Crippen molar-refractivity contribution < 1.29 is 31.1 Å². The number of sulfonamides is 1. The minimum atomic E-state index is -4.51. The number of benzene rings is 2. The quantitative estimate of drug-likeness (QED) is 0.560. The van der Waals surface area contributed by atoms with Gasteiger partial charge in [-0.1, -0.05) is 26.0 Å². The fourth-order valence-electron chi connectivity index (χ4n) is 4.30. The van der Waals surface area contributed by atoms with E-state index in [1.165, 1.54) is 12.1 Å². The second kappa shape index (κ2) is 8.65. The molecule has 4 rings (SSSR count). The molecule has 6 nitrogen and oxygen atoms in total. The third kappa shape index (κ3) is 4.91. The number of nitrogens with one attached hydrogen (secondary N) is 2. The summed E-state index contributed by atoms with van der Waals surface area (Å²) < 4.78 is 72.0. The van der Waals surface area contributed by atoms with Crippen molar-refractivity contribution in [2.75, 3.05) is 15.8 Å². The Morgan fingerprint density at radius 3 is 2.59 bits per heavy atom. The van der Waals surface area contributed by atoms with Crippen LogP contribution in [0.2, 0.25) is 0 Å². The third-order valence-corrected chi connectivity index (χ3v) is 7.64. The van der Waals surface area contributed by atoms with Gasteiger partial charge in [0.15, 0.2) is 0 Å². The van der Waals surface area contributed by atoms with Gasteiger partial charge in [-0.15, -0.1) is 0 Å². The number of anilines is 2. The number of hydrogen-bond donors (Lipinski definition) is 2. The van der Waals surface area contributed by atoms with Crippen molar-refractivity contribution in [3.63, 3.8) is 0 Å². The van der Waals surface area contributed by atoms with Crippen LogP contribution in [0.4, 0.5) is 24.5 Å². The predicted molar refractivity (Wildman–Crippen MR) is 124 cm³/mol. The van der Waals surface area contributed by atoms with Crippen molar-refractivity contribution in [1.82, 2.24) is 0 Å². The summed E-state index contributed by atoms with van der Waals surface area (Å²) in [6, 6.07) is 8.29. The standard InChI is InChI=1S/C24H25F3N2O4S/c1-3-23(4-2)14-16(19-8-6-17(24(25,26)27)12-21(19)33-23)11-22(30)28-18-7-5-15-9-10-34(31,32)29-20(15)13-18/h5-8,11-13,29H,3-4,9-10,14H2,1-2H3,(H,28,30)/b16-11+. The Hall–Kier alpha value is -3.01. The Morgan fingerprint density at radius 2 is 1.91 bits per heavy atom. The largest absolute Gasteiger partial charge is 0.486 e. The highest BCUT2D eigenvalue weighted by atomic mass is 32.2. The van der Waals surface area contributed by atoms with Gasteiger partial charge in [-0.25, -0.2) is 8.42 Å². The van der Waals surface area contributed by atoms with Gasteiger partial charge in [0.25, 0.3) is 0 Å². The van der Waals surface area contributed by atoms with Gasteiger partial charge in [0, 0.05) is 23.7 Å². The number of carbonyl (C=O) groups excluding carboxylic acids is 1. The molecule has 0 bridgehead atoms. The maximum absolute atomic E-state index is 13.3. The zero-order valence-electron chi connectivity index (χ0n) is 18.8. The second-order valence-electron chi connectivity index (χ2n) is 8.58. The van der Waals surface area contributed by atoms with Crippen LogP contribution >= 0.6 is 0 Å². The van der Waals surface area contributed by atoms with E-state index in [4.69, 9.17) is 4.74 Å². The first-order chi connectivity index (χ1) is 15.9. The topological polar surface area (TPSA) is 84.5 Å². The number of hydrogen-bond acceptors (Lipinski definition) is 4. The van der Waals surface area contributed by atoms with E-state index in [0.29, 0.717) is 48.2 Å². The minimum absolute atomic E-state index is 0.00590. The normalized spacial score (nSPS) is 19.4. The van der Waals surface area contributed by atoms with Crippen LogP contribution in [-0.2, 0) is 27.4 Å². The number of ether oxygens (including phenoxy) is 1. The highest BCUT2D eigenvalue weighted by Crippen LogP contribution is 2.45. The Bertz CT molecular complexity index is 1270. The van der Waals surface area contributed by atoms with Crippen molar-refractivity contribution in [3.05, 3.63) is 59.2 Å². The molecule has 2 heterocycles. The SMILES string of the molecule is CCC1(CC)C/C(=C\C(=O)Nc2ccc3c(c2)NS(=O)(=O)CC3)c2ccc(C(F)(F)F)cc2O1. The molecule has 10 heteroatoms. The Balaban J connectivity index is 1.65. The fraction of sp³-hybridized carbons (Fsp3) is 0.375. The highest BCUT2D eigenvalue weighted by molar-refractivity contribution is 7.92. The third-order valence-electron chi connectivity index (χ3n) is 6.37. The summed E-state index contributed by atoms with van der Waals surface area (Å²) in [7, 11) is -3.40. The highest BCUT2D eigenvalue weighted by Gasteiger charge is 2.38. The van der Waals surface area contributed by atoms with Crippen LogP contribution in [0.15, 0.2) is 42.5 Å². The molecule has 0 saturated carbocycles. The molecular weight excluding hydrogens is 469 g/mol. The summed E-state index contributed by atoms with van der Waals surface area (Å²) in [5.41, 5.74) is 1.16. The monoisotopic (exact) mass is 494 g/mol. The van der Waals surface area contributed by atoms with Gasteiger partial charge in [0.2, 0.25) is 15.9 Å². The molecule has 2 aromatic carbocycles. The van der Waals surface area contributed by atoms with Gasteiger partial charge in [0.1, 0.15) is 11.4 Å². The molecule has 1 amide bonds. The molecule has 0 saturated heterocycles. The molecule has 182 valence electrons. The maximum atomic E-state index is 13.3. The Kier molecular flexibility index (Phi) is 6.14. The molecule has 0 unspecified atom stereocenters. The molecule has 2 aliphatic rings. The lowest BCUT2D eigenvalue weighted by Crippen LogP contribution is -2.38. The summed E-state index contributed by atoms with van der Waals surface area (Å²) in [5.74, 6) is -0.360. The number of aryl methyl sites for hydroxylation is 1. The first kappa shape index (κ1) is 24.1. The summed E-state index contributed by atoms with van der Waals surface area (Å²) in [6.45, 7) is 3.79. The van der Waals surface area contributed by atoms with E-state index in [0.717, 1.165) is 17.7 Å². The first-order valence-electron chi connectivity index (χ1n) is 11.0. The number of fused-ring (bicyclic) bond motifs is 2. The van der Waals surface area contributed by atoms with Crippen LogP contribution in [0.1, 0.15) is 49.8 Å². The van der Waals surface area contributed by atoms with Gasteiger partial charge in [-0.05, 0) is 54.7 Å². The average Bonchev–Trinajstić information content (AvgIpc) is 2.77. The molecule has 0 aliphatic carbocycles. The lowest BCUT2D eigenvalue weighted by atomic mass is 9.83. The summed E-state index contributed by atoms with van der Waals surface area (Å²) in [5, 5.41) is 2.73. The zero-order chi connectivity index (χ0) is 24.7. The summed E-state index contributed by atoms with van der Waals surface area (Å²) in [6.07, 6.45) is -1.26. The van der Waals surface area contributed by atoms with Crippen molar-refractivity contribution >= 4 is 32.9 Å². The smallest absolute Gasteiger partial charge is 0.416 e. The van der Waals surface area contributed by atoms with Gasteiger partial charge in [0.05, 0.1) is 17.0 Å². The van der Waals surface area contributed by atoms with Crippen LogP contribution in [0, 0.1) is 0 Å². The Labute approximate surface area is 196 Å². The lowest BCUT2D eigenvalue weighted by Gasteiger charge is -2.39. The van der Waals surface area contributed by atoms with E-state index in [9.17, 15) is 26.4 Å².